The smallest absolute Gasteiger partial charge is 0.228 e. The Morgan fingerprint density at radius 2 is 1.93 bits per heavy atom. The lowest BCUT2D eigenvalue weighted by atomic mass is 9.84. The number of fused-ring (bicyclic) bond motifs is 3. The fourth-order valence-corrected chi connectivity index (χ4v) is 2.81. The van der Waals surface area contributed by atoms with Gasteiger partial charge in [-0.3, -0.25) is 4.79 Å². The molecule has 1 aliphatic heterocycles. The second-order valence-corrected chi connectivity index (χ2v) is 4.22. The van der Waals surface area contributed by atoms with Gasteiger partial charge in [0.05, 0.1) is 0 Å². The second-order valence-electron chi connectivity index (χ2n) is 4.22. The highest BCUT2D eigenvalue weighted by atomic mass is 16.2. The van der Waals surface area contributed by atoms with E-state index in [0.717, 1.165) is 12.1 Å². The van der Waals surface area contributed by atoms with Crippen molar-refractivity contribution >= 4 is 11.6 Å². The summed E-state index contributed by atoms with van der Waals surface area (Å²) in [7, 11) is 0. The van der Waals surface area contributed by atoms with Gasteiger partial charge in [-0.05, 0) is 30.4 Å². The first kappa shape index (κ1) is 8.04. The maximum absolute atomic E-state index is 11.7. The summed E-state index contributed by atoms with van der Waals surface area (Å²) >= 11 is 0. The number of anilines is 1. The first-order valence-corrected chi connectivity index (χ1v) is 5.26. The zero-order valence-electron chi connectivity index (χ0n) is 7.99. The molecule has 14 heavy (non-hydrogen) atoms. The Morgan fingerprint density at radius 1 is 1.14 bits per heavy atom. The van der Waals surface area contributed by atoms with Crippen LogP contribution in [0, 0.1) is 5.92 Å². The van der Waals surface area contributed by atoms with Crippen molar-refractivity contribution in [3.05, 3.63) is 29.8 Å². The van der Waals surface area contributed by atoms with Crippen LogP contribution in [0.3, 0.4) is 0 Å². The fourth-order valence-electron chi connectivity index (χ4n) is 2.81. The summed E-state index contributed by atoms with van der Waals surface area (Å²) in [6.45, 7) is 0. The highest BCUT2D eigenvalue weighted by Crippen LogP contribution is 2.45. The Balaban J connectivity index is 2.11. The lowest BCUT2D eigenvalue weighted by molar-refractivity contribution is -0.120. The van der Waals surface area contributed by atoms with Crippen molar-refractivity contribution in [1.82, 2.24) is 0 Å². The number of rotatable bonds is 0. The molecule has 2 aliphatic rings. The highest BCUT2D eigenvalue weighted by Gasteiger charge is 2.38. The van der Waals surface area contributed by atoms with Crippen molar-refractivity contribution in [2.24, 2.45) is 5.92 Å². The van der Waals surface area contributed by atoms with Gasteiger partial charge in [0, 0.05) is 11.6 Å². The number of nitrogens with one attached hydrogen (secondary N) is 1. The molecular weight excluding hydrogens is 174 g/mol. The van der Waals surface area contributed by atoms with Gasteiger partial charge < -0.3 is 5.32 Å². The number of benzene rings is 1. The minimum Gasteiger partial charge on any atom is -0.326 e. The van der Waals surface area contributed by atoms with Crippen molar-refractivity contribution in [2.45, 2.75) is 25.2 Å². The van der Waals surface area contributed by atoms with E-state index < -0.39 is 0 Å². The van der Waals surface area contributed by atoms with Crippen molar-refractivity contribution < 1.29 is 4.79 Å². The third-order valence-electron chi connectivity index (χ3n) is 3.47. The van der Waals surface area contributed by atoms with Crippen LogP contribution in [0.2, 0.25) is 0 Å². The van der Waals surface area contributed by atoms with Crippen LogP contribution in [0.5, 0.6) is 0 Å². The minimum atomic E-state index is 0.228. The molecule has 72 valence electrons. The van der Waals surface area contributed by atoms with Gasteiger partial charge in [0.25, 0.3) is 0 Å². The first-order chi connectivity index (χ1) is 6.86. The molecule has 0 spiro atoms. The van der Waals surface area contributed by atoms with Crippen molar-refractivity contribution in [3.63, 3.8) is 0 Å². The summed E-state index contributed by atoms with van der Waals surface area (Å²) in [5, 5.41) is 2.99. The zero-order valence-corrected chi connectivity index (χ0v) is 7.99. The van der Waals surface area contributed by atoms with Crippen LogP contribution in [0.25, 0.3) is 0 Å². The average Bonchev–Trinajstić information content (AvgIpc) is 2.67. The second kappa shape index (κ2) is 2.84. The molecule has 1 fully saturated rings. The first-order valence-electron chi connectivity index (χ1n) is 5.26. The van der Waals surface area contributed by atoms with E-state index in [1.807, 2.05) is 12.1 Å². The van der Waals surface area contributed by atoms with Crippen LogP contribution in [0.4, 0.5) is 5.69 Å². The minimum absolute atomic E-state index is 0.228. The van der Waals surface area contributed by atoms with Crippen LogP contribution in [-0.4, -0.2) is 5.91 Å². The van der Waals surface area contributed by atoms with Crippen molar-refractivity contribution in [2.75, 3.05) is 5.32 Å². The molecule has 1 aromatic rings. The van der Waals surface area contributed by atoms with Crippen LogP contribution in [0.1, 0.15) is 30.7 Å². The fraction of sp³-hybridized carbons (Fsp3) is 0.417. The van der Waals surface area contributed by atoms with E-state index in [-0.39, 0.29) is 11.8 Å². The van der Waals surface area contributed by atoms with Crippen LogP contribution in [0.15, 0.2) is 24.3 Å². The zero-order chi connectivity index (χ0) is 9.54. The molecule has 1 saturated carbocycles. The molecule has 0 aromatic heterocycles. The maximum Gasteiger partial charge on any atom is 0.228 e. The SMILES string of the molecule is O=C1Nc2ccccc2C2CCC[C@H]12. The molecule has 1 heterocycles. The summed E-state index contributed by atoms with van der Waals surface area (Å²) in [6, 6.07) is 8.19. The molecule has 1 aliphatic carbocycles. The molecule has 2 nitrogen and oxygen atoms in total. The Kier molecular flexibility index (Phi) is 1.63. The van der Waals surface area contributed by atoms with E-state index in [4.69, 9.17) is 0 Å². The van der Waals surface area contributed by atoms with E-state index in [9.17, 15) is 4.79 Å². The van der Waals surface area contributed by atoms with E-state index in [1.54, 1.807) is 0 Å². The molecule has 1 N–H and O–H groups in total. The summed E-state index contributed by atoms with van der Waals surface area (Å²) in [6.07, 6.45) is 3.43. The molecule has 0 saturated heterocycles. The standard InChI is InChI=1S/C12H13NO/c14-12-10-6-3-5-8(10)9-4-1-2-7-11(9)13-12/h1-2,4,7-8,10H,3,5-6H2,(H,13,14)/t8?,10-/m0/s1. The van der Waals surface area contributed by atoms with Gasteiger partial charge in [0.15, 0.2) is 0 Å². The number of amides is 1. The maximum atomic E-state index is 11.7. The summed E-state index contributed by atoms with van der Waals surface area (Å²) in [5.74, 6) is 0.955. The third-order valence-corrected chi connectivity index (χ3v) is 3.47. The van der Waals surface area contributed by atoms with Gasteiger partial charge in [-0.2, -0.15) is 0 Å². The van der Waals surface area contributed by atoms with E-state index in [2.05, 4.69) is 17.4 Å². The number of hydrogen-bond acceptors (Lipinski definition) is 1. The topological polar surface area (TPSA) is 29.1 Å². The number of para-hydroxylation sites is 1. The Labute approximate surface area is 83.3 Å². The van der Waals surface area contributed by atoms with E-state index in [1.165, 1.54) is 18.4 Å². The monoisotopic (exact) mass is 187 g/mol. The summed E-state index contributed by atoms with van der Waals surface area (Å²) in [4.78, 5) is 11.7. The molecule has 2 heteroatoms. The van der Waals surface area contributed by atoms with Gasteiger partial charge in [0.2, 0.25) is 5.91 Å². The lowest BCUT2D eigenvalue weighted by Crippen LogP contribution is -2.30. The lowest BCUT2D eigenvalue weighted by Gasteiger charge is -2.27. The molecule has 0 bridgehead atoms. The van der Waals surface area contributed by atoms with Crippen molar-refractivity contribution in [3.8, 4) is 0 Å². The number of hydrogen-bond donors (Lipinski definition) is 1. The third kappa shape index (κ3) is 0.999. The molecule has 0 radical (unpaired) electrons. The van der Waals surface area contributed by atoms with Gasteiger partial charge in [-0.25, -0.2) is 0 Å². The van der Waals surface area contributed by atoms with Gasteiger partial charge in [0.1, 0.15) is 0 Å². The van der Waals surface area contributed by atoms with E-state index in [0.29, 0.717) is 5.92 Å². The predicted octanol–water partition coefficient (Wildman–Crippen LogP) is 2.52. The van der Waals surface area contributed by atoms with Crippen LogP contribution in [-0.2, 0) is 4.79 Å². The Hall–Kier alpha value is -1.31. The van der Waals surface area contributed by atoms with Crippen LogP contribution >= 0.6 is 0 Å². The summed E-state index contributed by atoms with van der Waals surface area (Å²) < 4.78 is 0. The van der Waals surface area contributed by atoms with Crippen molar-refractivity contribution in [1.29, 1.82) is 0 Å². The Bertz CT molecular complexity index is 386. The summed E-state index contributed by atoms with van der Waals surface area (Å²) in [5.41, 5.74) is 2.37. The molecule has 1 amide bonds. The predicted molar refractivity (Wildman–Crippen MR) is 55.2 cm³/mol. The largest absolute Gasteiger partial charge is 0.326 e. The van der Waals surface area contributed by atoms with Crippen LogP contribution < -0.4 is 5.32 Å². The molecular formula is C12H13NO. The molecule has 2 atom stereocenters. The molecule has 1 unspecified atom stereocenters. The Morgan fingerprint density at radius 3 is 2.86 bits per heavy atom. The normalized spacial score (nSPS) is 29.3. The van der Waals surface area contributed by atoms with Gasteiger partial charge in [-0.1, -0.05) is 24.6 Å². The van der Waals surface area contributed by atoms with Gasteiger partial charge in [-0.15, -0.1) is 0 Å². The number of carbonyl (C=O) groups is 1. The molecule has 1 aromatic carbocycles. The average molecular weight is 187 g/mol. The number of carbonyl (C=O) groups excluding carboxylic acids is 1. The van der Waals surface area contributed by atoms with E-state index >= 15 is 0 Å². The highest BCUT2D eigenvalue weighted by molar-refractivity contribution is 5.96. The quantitative estimate of drug-likeness (QED) is 0.664. The molecule has 3 rings (SSSR count). The van der Waals surface area contributed by atoms with Gasteiger partial charge >= 0.3 is 0 Å².